The molecule has 5 aliphatic rings. The average molecular weight is 505 g/mol. The fourth-order valence-corrected chi connectivity index (χ4v) is 10.4. The van der Waals surface area contributed by atoms with Gasteiger partial charge in [-0.1, -0.05) is 60.1 Å². The molecule has 5 nitrogen and oxygen atoms in total. The van der Waals surface area contributed by atoms with Gasteiger partial charge in [-0.05, 0) is 78.6 Å². The summed E-state index contributed by atoms with van der Waals surface area (Å²) in [7, 11) is 1.73. The van der Waals surface area contributed by atoms with E-state index in [0.29, 0.717) is 0 Å². The molecule has 0 heterocycles. The first-order valence-corrected chi connectivity index (χ1v) is 14.2. The van der Waals surface area contributed by atoms with Crippen LogP contribution in [0.2, 0.25) is 0 Å². The molecule has 0 aromatic heterocycles. The SMILES string of the molecule is [C-]#[N+]C1=C[C@]2(C)C3=CC(=O)[C@@H]4[C@@H]5CC(C)(C)C[C@@H](C(=O)NC)C5CC[C@@]4(C)[C@]3(C)CC[C@H]2C(C)(C)C1=O. The van der Waals surface area contributed by atoms with Crippen molar-refractivity contribution >= 4 is 17.5 Å². The van der Waals surface area contributed by atoms with Crippen molar-refractivity contribution in [3.05, 3.63) is 34.8 Å². The van der Waals surface area contributed by atoms with Crippen LogP contribution in [0.1, 0.15) is 87.0 Å². The van der Waals surface area contributed by atoms with E-state index in [0.717, 1.165) is 44.1 Å². The number of allylic oxidation sites excluding steroid dienone is 4. The Morgan fingerprint density at radius 1 is 1.00 bits per heavy atom. The van der Waals surface area contributed by atoms with Crippen LogP contribution in [0.15, 0.2) is 23.4 Å². The lowest BCUT2D eigenvalue weighted by molar-refractivity contribution is -0.164. The zero-order valence-corrected chi connectivity index (χ0v) is 24.0. The predicted molar refractivity (Wildman–Crippen MR) is 144 cm³/mol. The normalized spacial score (nSPS) is 45.6. The zero-order valence-electron chi connectivity index (χ0n) is 24.0. The summed E-state index contributed by atoms with van der Waals surface area (Å²) in [5, 5.41) is 2.91. The van der Waals surface area contributed by atoms with Crippen molar-refractivity contribution in [3.63, 3.8) is 0 Å². The van der Waals surface area contributed by atoms with E-state index in [4.69, 9.17) is 6.57 Å². The Balaban J connectivity index is 1.66. The number of ketones is 2. The Bertz CT molecular complexity index is 1180. The van der Waals surface area contributed by atoms with Crippen LogP contribution in [0.3, 0.4) is 0 Å². The van der Waals surface area contributed by atoms with Crippen molar-refractivity contribution in [2.75, 3.05) is 7.05 Å². The van der Waals surface area contributed by atoms with Gasteiger partial charge >= 0.3 is 0 Å². The molecule has 0 radical (unpaired) electrons. The van der Waals surface area contributed by atoms with Crippen LogP contribution in [-0.4, -0.2) is 24.5 Å². The molecule has 5 aliphatic carbocycles. The number of fused-ring (bicyclic) bond motifs is 7. The molecule has 0 aromatic carbocycles. The van der Waals surface area contributed by atoms with E-state index >= 15 is 0 Å². The van der Waals surface area contributed by atoms with Crippen LogP contribution in [0.25, 0.3) is 4.85 Å². The molecule has 3 saturated carbocycles. The van der Waals surface area contributed by atoms with Crippen LogP contribution in [0.5, 0.6) is 0 Å². The summed E-state index contributed by atoms with van der Waals surface area (Å²) in [6.07, 6.45) is 9.44. The van der Waals surface area contributed by atoms with Gasteiger partial charge in [0.1, 0.15) is 0 Å². The van der Waals surface area contributed by atoms with Crippen molar-refractivity contribution < 1.29 is 14.4 Å². The molecular weight excluding hydrogens is 460 g/mol. The van der Waals surface area contributed by atoms with Crippen molar-refractivity contribution in [1.82, 2.24) is 5.32 Å². The molecule has 3 fully saturated rings. The van der Waals surface area contributed by atoms with Crippen LogP contribution < -0.4 is 5.32 Å². The summed E-state index contributed by atoms with van der Waals surface area (Å²) < 4.78 is 0. The molecule has 200 valence electrons. The second kappa shape index (κ2) is 7.90. The maximum Gasteiger partial charge on any atom is 0.226 e. The topological polar surface area (TPSA) is 67.6 Å². The number of Topliss-reactive ketones (excluding diaryl/α,β-unsaturated/α-hetero) is 1. The van der Waals surface area contributed by atoms with E-state index in [1.165, 1.54) is 0 Å². The molecule has 0 aromatic rings. The van der Waals surface area contributed by atoms with E-state index in [-0.39, 0.29) is 69.0 Å². The Kier molecular flexibility index (Phi) is 5.64. The number of hydrogen-bond acceptors (Lipinski definition) is 3. The van der Waals surface area contributed by atoms with Gasteiger partial charge in [0.05, 0.1) is 6.57 Å². The van der Waals surface area contributed by atoms with E-state index in [9.17, 15) is 14.4 Å². The molecule has 1 amide bonds. The Morgan fingerprint density at radius 2 is 1.68 bits per heavy atom. The third-order valence-electron chi connectivity index (χ3n) is 12.3. The largest absolute Gasteiger partial charge is 0.359 e. The summed E-state index contributed by atoms with van der Waals surface area (Å²) >= 11 is 0. The average Bonchev–Trinajstić information content (AvgIpc) is 2.81. The number of carbonyl (C=O) groups excluding carboxylic acids is 3. The Morgan fingerprint density at radius 3 is 2.30 bits per heavy atom. The van der Waals surface area contributed by atoms with E-state index in [2.05, 4.69) is 44.8 Å². The van der Waals surface area contributed by atoms with Gasteiger partial charge in [-0.3, -0.25) is 9.59 Å². The lowest BCUT2D eigenvalue weighted by Gasteiger charge is -2.68. The smallest absolute Gasteiger partial charge is 0.226 e. The molecule has 1 unspecified atom stereocenters. The number of rotatable bonds is 1. The fourth-order valence-electron chi connectivity index (χ4n) is 10.4. The van der Waals surface area contributed by atoms with Gasteiger partial charge in [-0.15, -0.1) is 0 Å². The second-order valence-corrected chi connectivity index (χ2v) is 14.9. The molecule has 0 saturated heterocycles. The standard InChI is InChI=1S/C32H44N2O3/c1-28(2)15-19-18(20(16-28)27(37)34-9)10-12-32(7)25(19)22(35)14-24-30(5)17-21(33-8)26(36)29(3,4)23(30)11-13-31(24,32)6/h14,17-20,23,25H,10-13,15-16H2,1-7,9H3,(H,34,37)/t18?,19-,20-,23+,25+,30+,31-,32-/m1/s1. The minimum atomic E-state index is -0.641. The van der Waals surface area contributed by atoms with Crippen LogP contribution in [-0.2, 0) is 14.4 Å². The van der Waals surface area contributed by atoms with Crippen LogP contribution in [0, 0.1) is 63.2 Å². The molecule has 0 bridgehead atoms. The highest BCUT2D eigenvalue weighted by Gasteiger charge is 2.68. The number of hydrogen-bond donors (Lipinski definition) is 1. The Hall–Kier alpha value is -2.22. The van der Waals surface area contributed by atoms with Crippen LogP contribution in [0.4, 0.5) is 0 Å². The van der Waals surface area contributed by atoms with E-state index in [1.54, 1.807) is 7.05 Å². The molecule has 37 heavy (non-hydrogen) atoms. The van der Waals surface area contributed by atoms with Gasteiger partial charge < -0.3 is 10.1 Å². The van der Waals surface area contributed by atoms with Crippen molar-refractivity contribution in [3.8, 4) is 0 Å². The van der Waals surface area contributed by atoms with Crippen LogP contribution >= 0.6 is 0 Å². The number of nitrogens with zero attached hydrogens (tertiary/aromatic N) is 1. The first-order valence-electron chi connectivity index (χ1n) is 14.2. The Labute approximate surface area is 222 Å². The number of amides is 1. The molecule has 0 aliphatic heterocycles. The maximum absolute atomic E-state index is 14.3. The summed E-state index contributed by atoms with van der Waals surface area (Å²) in [6, 6.07) is 0. The highest BCUT2D eigenvalue weighted by molar-refractivity contribution is 6.03. The maximum atomic E-state index is 14.3. The highest BCUT2D eigenvalue weighted by atomic mass is 16.2. The number of nitrogens with one attached hydrogen (secondary N) is 1. The lowest BCUT2D eigenvalue weighted by atomic mass is 9.35. The summed E-state index contributed by atoms with van der Waals surface area (Å²) in [6.45, 7) is 23.1. The zero-order chi connectivity index (χ0) is 27.3. The first-order chi connectivity index (χ1) is 17.1. The molecule has 0 spiro atoms. The number of carbonyl (C=O) groups is 3. The minimum absolute atomic E-state index is 0.00638. The summed E-state index contributed by atoms with van der Waals surface area (Å²) in [4.78, 5) is 44.2. The quantitative estimate of drug-likeness (QED) is 0.435. The fraction of sp³-hybridized carbons (Fsp3) is 0.750. The van der Waals surface area contributed by atoms with E-state index in [1.807, 2.05) is 26.0 Å². The molecule has 8 atom stereocenters. The van der Waals surface area contributed by atoms with Gasteiger partial charge in [0, 0.05) is 29.7 Å². The molecule has 1 N–H and O–H groups in total. The first kappa shape index (κ1) is 26.4. The predicted octanol–water partition coefficient (Wildman–Crippen LogP) is 6.16. The third-order valence-corrected chi connectivity index (χ3v) is 12.3. The minimum Gasteiger partial charge on any atom is -0.359 e. The van der Waals surface area contributed by atoms with Gasteiger partial charge in [0.15, 0.2) is 11.6 Å². The second-order valence-electron chi connectivity index (χ2n) is 14.9. The van der Waals surface area contributed by atoms with Gasteiger partial charge in [0.2, 0.25) is 11.6 Å². The van der Waals surface area contributed by atoms with Crippen molar-refractivity contribution in [2.24, 2.45) is 56.7 Å². The van der Waals surface area contributed by atoms with Crippen molar-refractivity contribution in [1.29, 1.82) is 0 Å². The summed E-state index contributed by atoms with van der Waals surface area (Å²) in [5.74, 6) is 0.601. The summed E-state index contributed by atoms with van der Waals surface area (Å²) in [5.41, 5.74) is -0.197. The molecular formula is C32H44N2O3. The van der Waals surface area contributed by atoms with Gasteiger partial charge in [0.25, 0.3) is 0 Å². The van der Waals surface area contributed by atoms with Gasteiger partial charge in [-0.2, -0.15) is 0 Å². The monoisotopic (exact) mass is 504 g/mol. The van der Waals surface area contributed by atoms with E-state index < -0.39 is 10.8 Å². The third kappa shape index (κ3) is 3.29. The molecule has 5 rings (SSSR count). The highest BCUT2D eigenvalue weighted by Crippen LogP contribution is 2.73. The molecule has 5 heteroatoms. The lowest BCUT2D eigenvalue weighted by Crippen LogP contribution is -2.64. The van der Waals surface area contributed by atoms with Crippen molar-refractivity contribution in [2.45, 2.75) is 87.0 Å². The van der Waals surface area contributed by atoms with Gasteiger partial charge in [-0.25, -0.2) is 4.85 Å².